The highest BCUT2D eigenvalue weighted by molar-refractivity contribution is 9.10. The van der Waals surface area contributed by atoms with Crippen molar-refractivity contribution < 1.29 is 4.79 Å². The number of likely N-dealkylation sites (tertiary alicyclic amines) is 1. The van der Waals surface area contributed by atoms with Crippen molar-refractivity contribution in [1.82, 2.24) is 9.27 Å². The van der Waals surface area contributed by atoms with Crippen LogP contribution in [-0.2, 0) is 11.3 Å². The Kier molecular flexibility index (Phi) is 2.85. The summed E-state index contributed by atoms with van der Waals surface area (Å²) in [6.07, 6.45) is 2.66. The highest BCUT2D eigenvalue weighted by atomic mass is 79.9. The van der Waals surface area contributed by atoms with Crippen molar-refractivity contribution in [2.24, 2.45) is 5.73 Å². The van der Waals surface area contributed by atoms with Crippen molar-refractivity contribution in [2.75, 3.05) is 6.54 Å². The lowest BCUT2D eigenvalue weighted by molar-refractivity contribution is -0.127. The van der Waals surface area contributed by atoms with E-state index < -0.39 is 0 Å². The molecule has 1 aromatic heterocycles. The van der Waals surface area contributed by atoms with Crippen LogP contribution >= 0.6 is 27.5 Å². The van der Waals surface area contributed by atoms with Crippen LogP contribution in [0.2, 0.25) is 0 Å². The van der Waals surface area contributed by atoms with Gasteiger partial charge in [-0.05, 0) is 33.9 Å². The van der Waals surface area contributed by atoms with Gasteiger partial charge in [0, 0.05) is 13.1 Å². The standard InChI is InChI=1S/C8H10BrN3OS/c9-5-3-11-14-7(5)4-12-2-1-6(12)8(10)13/h3,6H,1-2,4H2,(H2,10,13). The molecule has 1 aromatic rings. The summed E-state index contributed by atoms with van der Waals surface area (Å²) in [4.78, 5) is 14.2. The van der Waals surface area contributed by atoms with Crippen molar-refractivity contribution >= 4 is 33.4 Å². The fraction of sp³-hybridized carbons (Fsp3) is 0.500. The first-order valence-electron chi connectivity index (χ1n) is 4.31. The Morgan fingerprint density at radius 2 is 2.64 bits per heavy atom. The van der Waals surface area contributed by atoms with Crippen LogP contribution in [0.4, 0.5) is 0 Å². The third kappa shape index (κ3) is 1.82. The molecule has 1 aliphatic heterocycles. The molecule has 14 heavy (non-hydrogen) atoms. The molecule has 0 radical (unpaired) electrons. The predicted octanol–water partition coefficient (Wildman–Crippen LogP) is 0.965. The highest BCUT2D eigenvalue weighted by Crippen LogP contribution is 2.26. The van der Waals surface area contributed by atoms with Gasteiger partial charge in [-0.15, -0.1) is 0 Å². The Balaban J connectivity index is 1.99. The summed E-state index contributed by atoms with van der Waals surface area (Å²) < 4.78 is 5.07. The summed E-state index contributed by atoms with van der Waals surface area (Å²) >= 11 is 4.86. The molecule has 6 heteroatoms. The van der Waals surface area contributed by atoms with E-state index in [0.29, 0.717) is 0 Å². The number of hydrogen-bond donors (Lipinski definition) is 1. The minimum absolute atomic E-state index is 0.0796. The molecular formula is C8H10BrN3OS. The van der Waals surface area contributed by atoms with E-state index in [-0.39, 0.29) is 11.9 Å². The molecule has 1 amide bonds. The lowest BCUT2D eigenvalue weighted by atomic mass is 10.0. The molecule has 1 fully saturated rings. The van der Waals surface area contributed by atoms with Crippen molar-refractivity contribution in [3.63, 3.8) is 0 Å². The van der Waals surface area contributed by atoms with Crippen molar-refractivity contribution in [3.05, 3.63) is 15.5 Å². The fourth-order valence-electron chi connectivity index (χ4n) is 1.49. The molecular weight excluding hydrogens is 266 g/mol. The van der Waals surface area contributed by atoms with Crippen LogP contribution in [0.3, 0.4) is 0 Å². The van der Waals surface area contributed by atoms with Gasteiger partial charge in [0.25, 0.3) is 0 Å². The molecule has 1 atom stereocenters. The zero-order valence-corrected chi connectivity index (χ0v) is 9.84. The Labute approximate surface area is 94.4 Å². The van der Waals surface area contributed by atoms with Crippen LogP contribution in [0.1, 0.15) is 11.3 Å². The molecule has 2 N–H and O–H groups in total. The van der Waals surface area contributed by atoms with Gasteiger partial charge in [0.2, 0.25) is 5.91 Å². The molecule has 1 saturated heterocycles. The SMILES string of the molecule is NC(=O)C1CCN1Cc1sncc1Br. The average Bonchev–Trinajstić information content (AvgIpc) is 2.44. The van der Waals surface area contributed by atoms with E-state index in [9.17, 15) is 4.79 Å². The Morgan fingerprint density at radius 3 is 3.07 bits per heavy atom. The zero-order valence-electron chi connectivity index (χ0n) is 7.44. The van der Waals surface area contributed by atoms with Crippen LogP contribution in [0.5, 0.6) is 0 Å². The maximum atomic E-state index is 11.0. The maximum absolute atomic E-state index is 11.0. The summed E-state index contributed by atoms with van der Waals surface area (Å²) in [6.45, 7) is 1.71. The largest absolute Gasteiger partial charge is 0.368 e. The molecule has 4 nitrogen and oxygen atoms in total. The van der Waals surface area contributed by atoms with Gasteiger partial charge in [-0.1, -0.05) is 0 Å². The van der Waals surface area contributed by atoms with Crippen LogP contribution in [0.15, 0.2) is 10.7 Å². The van der Waals surface area contributed by atoms with Gasteiger partial charge < -0.3 is 5.73 Å². The molecule has 1 aliphatic rings. The topological polar surface area (TPSA) is 59.2 Å². The number of rotatable bonds is 3. The summed E-state index contributed by atoms with van der Waals surface area (Å²) in [5, 5.41) is 0. The summed E-state index contributed by atoms with van der Waals surface area (Å²) in [6, 6.07) is -0.0796. The second-order valence-corrected chi connectivity index (χ2v) is 5.01. The van der Waals surface area contributed by atoms with Gasteiger partial charge in [0.1, 0.15) is 0 Å². The molecule has 0 spiro atoms. The minimum atomic E-state index is -0.225. The van der Waals surface area contributed by atoms with Gasteiger partial charge in [0.05, 0.1) is 21.6 Å². The first-order valence-corrected chi connectivity index (χ1v) is 5.87. The lowest BCUT2D eigenvalue weighted by Crippen LogP contribution is -2.54. The molecule has 2 heterocycles. The van der Waals surface area contributed by atoms with E-state index in [4.69, 9.17) is 5.73 Å². The summed E-state index contributed by atoms with van der Waals surface area (Å²) in [7, 11) is 0. The Hall–Kier alpha value is -0.460. The van der Waals surface area contributed by atoms with E-state index in [0.717, 1.165) is 28.9 Å². The van der Waals surface area contributed by atoms with E-state index in [1.165, 1.54) is 11.5 Å². The number of aromatic nitrogens is 1. The van der Waals surface area contributed by atoms with Crippen LogP contribution in [0, 0.1) is 0 Å². The van der Waals surface area contributed by atoms with Gasteiger partial charge in [-0.2, -0.15) is 4.37 Å². The second kappa shape index (κ2) is 3.96. The number of hydrogen-bond acceptors (Lipinski definition) is 4. The van der Waals surface area contributed by atoms with Crippen molar-refractivity contribution in [1.29, 1.82) is 0 Å². The van der Waals surface area contributed by atoms with Crippen molar-refractivity contribution in [2.45, 2.75) is 19.0 Å². The molecule has 0 aromatic carbocycles. The van der Waals surface area contributed by atoms with Crippen molar-refractivity contribution in [3.8, 4) is 0 Å². The number of carbonyl (C=O) groups is 1. The molecule has 0 bridgehead atoms. The van der Waals surface area contributed by atoms with Gasteiger partial charge in [-0.3, -0.25) is 9.69 Å². The molecule has 0 aliphatic carbocycles. The number of halogens is 1. The predicted molar refractivity (Wildman–Crippen MR) is 57.8 cm³/mol. The summed E-state index contributed by atoms with van der Waals surface area (Å²) in [5.74, 6) is -0.225. The summed E-state index contributed by atoms with van der Waals surface area (Å²) in [5.41, 5.74) is 5.25. The monoisotopic (exact) mass is 275 g/mol. The van der Waals surface area contributed by atoms with Gasteiger partial charge in [0.15, 0.2) is 0 Å². The Morgan fingerprint density at radius 1 is 1.86 bits per heavy atom. The third-order valence-electron chi connectivity index (χ3n) is 2.40. The maximum Gasteiger partial charge on any atom is 0.234 e. The van der Waals surface area contributed by atoms with E-state index in [2.05, 4.69) is 25.2 Å². The van der Waals surface area contributed by atoms with E-state index in [1.54, 1.807) is 6.20 Å². The number of amides is 1. The van der Waals surface area contributed by atoms with Crippen LogP contribution in [0.25, 0.3) is 0 Å². The first kappa shape index (κ1) is 10.1. The normalized spacial score (nSPS) is 21.9. The molecule has 1 unspecified atom stereocenters. The number of primary amides is 1. The van der Waals surface area contributed by atoms with E-state index in [1.807, 2.05) is 0 Å². The van der Waals surface area contributed by atoms with Crippen LogP contribution in [-0.4, -0.2) is 27.8 Å². The lowest BCUT2D eigenvalue weighted by Gasteiger charge is -2.38. The molecule has 2 rings (SSSR count). The van der Waals surface area contributed by atoms with Gasteiger partial charge in [-0.25, -0.2) is 0 Å². The minimum Gasteiger partial charge on any atom is -0.368 e. The second-order valence-electron chi connectivity index (χ2n) is 3.27. The third-order valence-corrected chi connectivity index (χ3v) is 4.13. The fourth-order valence-corrected chi connectivity index (χ4v) is 2.72. The van der Waals surface area contributed by atoms with Gasteiger partial charge >= 0.3 is 0 Å². The van der Waals surface area contributed by atoms with Crippen LogP contribution < -0.4 is 5.73 Å². The number of carbonyl (C=O) groups excluding carboxylic acids is 1. The zero-order chi connectivity index (χ0) is 10.1. The average molecular weight is 276 g/mol. The Bertz CT molecular complexity index is 354. The quantitative estimate of drug-likeness (QED) is 0.894. The van der Waals surface area contributed by atoms with E-state index >= 15 is 0 Å². The smallest absolute Gasteiger partial charge is 0.234 e. The number of nitrogens with two attached hydrogens (primary N) is 1. The molecule has 0 saturated carbocycles. The number of nitrogens with zero attached hydrogens (tertiary/aromatic N) is 2. The molecule has 76 valence electrons. The highest BCUT2D eigenvalue weighted by Gasteiger charge is 2.32. The first-order chi connectivity index (χ1) is 6.68.